The third-order valence-corrected chi connectivity index (χ3v) is 2.74. The Balaban J connectivity index is 3.20. The number of nitrogens with two attached hydrogens (primary N) is 1. The highest BCUT2D eigenvalue weighted by atomic mass is 19.4. The molecule has 1 amide bonds. The molecule has 3 nitrogen and oxygen atoms in total. The van der Waals surface area contributed by atoms with Gasteiger partial charge >= 0.3 is 6.18 Å². The molecule has 1 rings (SSSR count). The zero-order valence-corrected chi connectivity index (χ0v) is 11.4. The SMILES string of the molecule is Cc1cc(N)cc(C(=O)N(CC(F)(F)F)C(C)C)c1F. The number of halogens is 4. The minimum atomic E-state index is -4.55. The lowest BCUT2D eigenvalue weighted by Gasteiger charge is -2.28. The quantitative estimate of drug-likeness (QED) is 0.687. The maximum absolute atomic E-state index is 13.9. The first-order valence-corrected chi connectivity index (χ1v) is 5.96. The summed E-state index contributed by atoms with van der Waals surface area (Å²) in [6.07, 6.45) is -4.55. The van der Waals surface area contributed by atoms with E-state index >= 15 is 0 Å². The van der Waals surface area contributed by atoms with Gasteiger partial charge in [-0.3, -0.25) is 4.79 Å². The molecule has 2 N–H and O–H groups in total. The number of amides is 1. The molecule has 0 aromatic heterocycles. The lowest BCUT2D eigenvalue weighted by atomic mass is 10.1. The van der Waals surface area contributed by atoms with Crippen molar-refractivity contribution in [3.8, 4) is 0 Å². The van der Waals surface area contributed by atoms with Gasteiger partial charge in [0.1, 0.15) is 12.4 Å². The monoisotopic (exact) mass is 292 g/mol. The van der Waals surface area contributed by atoms with Crippen LogP contribution in [-0.2, 0) is 0 Å². The largest absolute Gasteiger partial charge is 0.406 e. The van der Waals surface area contributed by atoms with Crippen molar-refractivity contribution < 1.29 is 22.4 Å². The Morgan fingerprint density at radius 1 is 1.35 bits per heavy atom. The van der Waals surface area contributed by atoms with Gasteiger partial charge in [-0.15, -0.1) is 0 Å². The Labute approximate surface area is 114 Å². The normalized spacial score (nSPS) is 11.8. The van der Waals surface area contributed by atoms with Gasteiger partial charge in [0.25, 0.3) is 5.91 Å². The van der Waals surface area contributed by atoms with Crippen LogP contribution in [0.5, 0.6) is 0 Å². The van der Waals surface area contributed by atoms with Gasteiger partial charge < -0.3 is 10.6 Å². The van der Waals surface area contributed by atoms with Gasteiger partial charge in [-0.2, -0.15) is 13.2 Å². The highest BCUT2D eigenvalue weighted by Crippen LogP contribution is 2.23. The maximum atomic E-state index is 13.9. The van der Waals surface area contributed by atoms with E-state index in [0.717, 1.165) is 6.07 Å². The molecule has 0 saturated heterocycles. The van der Waals surface area contributed by atoms with Crippen molar-refractivity contribution in [1.82, 2.24) is 4.90 Å². The molecule has 0 unspecified atom stereocenters. The summed E-state index contributed by atoms with van der Waals surface area (Å²) in [5.74, 6) is -1.87. The molecule has 0 fully saturated rings. The highest BCUT2D eigenvalue weighted by Gasteiger charge is 2.35. The number of aryl methyl sites for hydroxylation is 1. The van der Waals surface area contributed by atoms with Crippen LogP contribution in [0.3, 0.4) is 0 Å². The molecular weight excluding hydrogens is 276 g/mol. The summed E-state index contributed by atoms with van der Waals surface area (Å²) in [6, 6.07) is 1.65. The van der Waals surface area contributed by atoms with Crippen molar-refractivity contribution in [3.05, 3.63) is 29.1 Å². The molecule has 1 aromatic carbocycles. The van der Waals surface area contributed by atoms with Gasteiger partial charge in [-0.1, -0.05) is 0 Å². The van der Waals surface area contributed by atoms with E-state index in [4.69, 9.17) is 5.73 Å². The summed E-state index contributed by atoms with van der Waals surface area (Å²) in [5.41, 5.74) is 5.31. The summed E-state index contributed by atoms with van der Waals surface area (Å²) >= 11 is 0. The Morgan fingerprint density at radius 3 is 2.35 bits per heavy atom. The molecule has 0 spiro atoms. The van der Waals surface area contributed by atoms with Crippen LogP contribution in [-0.4, -0.2) is 29.6 Å². The van der Waals surface area contributed by atoms with E-state index in [0.29, 0.717) is 4.90 Å². The fraction of sp³-hybridized carbons (Fsp3) is 0.462. The third kappa shape index (κ3) is 3.85. The van der Waals surface area contributed by atoms with Crippen LogP contribution in [0, 0.1) is 12.7 Å². The van der Waals surface area contributed by atoms with E-state index < -0.39 is 36.1 Å². The fourth-order valence-corrected chi connectivity index (χ4v) is 1.79. The number of nitrogens with zero attached hydrogens (tertiary/aromatic N) is 1. The zero-order valence-electron chi connectivity index (χ0n) is 11.4. The predicted octanol–water partition coefficient (Wildman–Crippen LogP) is 3.13. The van der Waals surface area contributed by atoms with Crippen molar-refractivity contribution >= 4 is 11.6 Å². The lowest BCUT2D eigenvalue weighted by molar-refractivity contribution is -0.143. The van der Waals surface area contributed by atoms with Crippen LogP contribution >= 0.6 is 0 Å². The van der Waals surface area contributed by atoms with Crippen molar-refractivity contribution in [2.24, 2.45) is 0 Å². The minimum Gasteiger partial charge on any atom is -0.399 e. The number of nitrogen functional groups attached to an aromatic ring is 1. The van der Waals surface area contributed by atoms with Crippen LogP contribution < -0.4 is 5.73 Å². The van der Waals surface area contributed by atoms with Gasteiger partial charge in [-0.25, -0.2) is 4.39 Å². The maximum Gasteiger partial charge on any atom is 0.406 e. The van der Waals surface area contributed by atoms with E-state index in [1.165, 1.54) is 26.8 Å². The van der Waals surface area contributed by atoms with Crippen LogP contribution in [0.15, 0.2) is 12.1 Å². The standard InChI is InChI=1S/C13H16F4N2O/c1-7(2)19(6-13(15,16)17)12(20)10-5-9(18)4-8(3)11(10)14/h4-5,7H,6,18H2,1-3H3. The van der Waals surface area contributed by atoms with Crippen molar-refractivity contribution in [1.29, 1.82) is 0 Å². The number of anilines is 1. The second-order valence-corrected chi connectivity index (χ2v) is 4.84. The molecule has 0 aliphatic carbocycles. The number of hydrogen-bond donors (Lipinski definition) is 1. The summed E-state index contributed by atoms with van der Waals surface area (Å²) in [7, 11) is 0. The first kappa shape index (κ1) is 16.3. The first-order valence-electron chi connectivity index (χ1n) is 5.96. The Bertz CT molecular complexity index is 512. The fourth-order valence-electron chi connectivity index (χ4n) is 1.79. The topological polar surface area (TPSA) is 46.3 Å². The highest BCUT2D eigenvalue weighted by molar-refractivity contribution is 5.95. The van der Waals surface area contributed by atoms with E-state index in [1.54, 1.807) is 0 Å². The molecule has 0 atom stereocenters. The van der Waals surface area contributed by atoms with Gasteiger partial charge in [0.05, 0.1) is 5.56 Å². The molecule has 20 heavy (non-hydrogen) atoms. The van der Waals surface area contributed by atoms with Gasteiger partial charge in [0.15, 0.2) is 0 Å². The van der Waals surface area contributed by atoms with Crippen molar-refractivity contribution in [2.45, 2.75) is 33.0 Å². The van der Waals surface area contributed by atoms with Crippen molar-refractivity contribution in [2.75, 3.05) is 12.3 Å². The smallest absolute Gasteiger partial charge is 0.399 e. The average Bonchev–Trinajstić information content (AvgIpc) is 2.28. The molecule has 7 heteroatoms. The van der Waals surface area contributed by atoms with E-state index in [2.05, 4.69) is 0 Å². The number of rotatable bonds is 3. The van der Waals surface area contributed by atoms with Gasteiger partial charge in [0, 0.05) is 11.7 Å². The van der Waals surface area contributed by atoms with Crippen LogP contribution in [0.4, 0.5) is 23.2 Å². The average molecular weight is 292 g/mol. The molecule has 0 aliphatic rings. The van der Waals surface area contributed by atoms with Gasteiger partial charge in [0.2, 0.25) is 0 Å². The predicted molar refractivity (Wildman–Crippen MR) is 67.8 cm³/mol. The second-order valence-electron chi connectivity index (χ2n) is 4.84. The molecule has 0 bridgehead atoms. The van der Waals surface area contributed by atoms with Crippen LogP contribution in [0.25, 0.3) is 0 Å². The second kappa shape index (κ2) is 5.68. The first-order chi connectivity index (χ1) is 9.03. The van der Waals surface area contributed by atoms with E-state index in [9.17, 15) is 22.4 Å². The minimum absolute atomic E-state index is 0.115. The Morgan fingerprint density at radius 2 is 1.90 bits per heavy atom. The van der Waals surface area contributed by atoms with Gasteiger partial charge in [-0.05, 0) is 38.5 Å². The molecule has 1 aromatic rings. The molecule has 0 heterocycles. The molecule has 0 radical (unpaired) electrons. The summed E-state index contributed by atoms with van der Waals surface area (Å²) < 4.78 is 51.4. The number of carbonyl (C=O) groups excluding carboxylic acids is 1. The van der Waals surface area contributed by atoms with E-state index in [-0.39, 0.29) is 11.3 Å². The Kier molecular flexibility index (Phi) is 4.62. The molecule has 112 valence electrons. The Hall–Kier alpha value is -1.79. The number of hydrogen-bond acceptors (Lipinski definition) is 2. The lowest BCUT2D eigenvalue weighted by Crippen LogP contribution is -2.43. The van der Waals surface area contributed by atoms with Crippen LogP contribution in [0.2, 0.25) is 0 Å². The van der Waals surface area contributed by atoms with E-state index in [1.807, 2.05) is 0 Å². The van der Waals surface area contributed by atoms with Crippen molar-refractivity contribution in [3.63, 3.8) is 0 Å². The number of alkyl halides is 3. The number of carbonyl (C=O) groups is 1. The third-order valence-electron chi connectivity index (χ3n) is 2.74. The summed E-state index contributed by atoms with van der Waals surface area (Å²) in [4.78, 5) is 12.7. The molecular formula is C13H16F4N2O. The summed E-state index contributed by atoms with van der Waals surface area (Å²) in [5, 5.41) is 0. The zero-order chi connectivity index (χ0) is 15.7. The number of benzene rings is 1. The van der Waals surface area contributed by atoms with Crippen LogP contribution in [0.1, 0.15) is 29.8 Å². The molecule has 0 saturated carbocycles. The molecule has 0 aliphatic heterocycles. The summed E-state index contributed by atoms with van der Waals surface area (Å²) in [6.45, 7) is 2.82.